The van der Waals surface area contributed by atoms with E-state index in [9.17, 15) is 0 Å². The lowest BCUT2D eigenvalue weighted by Gasteiger charge is -2.16. The molecule has 8 nitrogen and oxygen atoms in total. The molecule has 0 aliphatic carbocycles. The average molecular weight is 377 g/mol. The van der Waals surface area contributed by atoms with Gasteiger partial charge in [-0.25, -0.2) is 14.6 Å². The number of hydrogen-bond donors (Lipinski definition) is 3. The molecule has 2 rings (SSSR count). The summed E-state index contributed by atoms with van der Waals surface area (Å²) in [4.78, 5) is 22.3. The molecular formula is C14H14Cl2N2O6. The monoisotopic (exact) mass is 376 g/mol. The minimum Gasteiger partial charge on any atom is -0.479 e. The second-order valence-corrected chi connectivity index (χ2v) is 5.08. The number of nitrogens with zero attached hydrogens (tertiary/aromatic N) is 1. The Balaban J connectivity index is 0.000000413. The number of carbonyl (C=O) groups is 2. The molecule has 4 N–H and O–H groups in total. The van der Waals surface area contributed by atoms with Gasteiger partial charge in [0.1, 0.15) is 12.0 Å². The summed E-state index contributed by atoms with van der Waals surface area (Å²) in [6.45, 7) is 0.450. The maximum Gasteiger partial charge on any atom is 0.414 e. The van der Waals surface area contributed by atoms with Crippen LogP contribution in [0, 0.1) is 0 Å². The summed E-state index contributed by atoms with van der Waals surface area (Å²) in [6.07, 6.45) is 3.24. The SMILES string of the molecule is NCCC(Oc1cc(Cl)ccc1Cl)c1ncco1.O=C(O)C(=O)O. The van der Waals surface area contributed by atoms with Crippen LogP contribution in [0.15, 0.2) is 35.1 Å². The second kappa shape index (κ2) is 9.76. The van der Waals surface area contributed by atoms with Crippen molar-refractivity contribution in [2.75, 3.05) is 6.54 Å². The van der Waals surface area contributed by atoms with E-state index in [0.717, 1.165) is 0 Å². The minimum absolute atomic E-state index is 0.374. The van der Waals surface area contributed by atoms with E-state index >= 15 is 0 Å². The van der Waals surface area contributed by atoms with Crippen molar-refractivity contribution < 1.29 is 29.0 Å². The van der Waals surface area contributed by atoms with Gasteiger partial charge in [0.15, 0.2) is 6.10 Å². The van der Waals surface area contributed by atoms with Crippen LogP contribution in [0.3, 0.4) is 0 Å². The van der Waals surface area contributed by atoms with Crippen LogP contribution >= 0.6 is 23.2 Å². The molecule has 0 spiro atoms. The first-order valence-corrected chi connectivity index (χ1v) is 7.28. The van der Waals surface area contributed by atoms with Gasteiger partial charge in [0.2, 0.25) is 5.89 Å². The molecule has 0 aliphatic heterocycles. The van der Waals surface area contributed by atoms with Crippen molar-refractivity contribution in [3.63, 3.8) is 0 Å². The average Bonchev–Trinajstić information content (AvgIpc) is 3.05. The van der Waals surface area contributed by atoms with Crippen LogP contribution in [-0.4, -0.2) is 33.7 Å². The quantitative estimate of drug-likeness (QED) is 0.677. The van der Waals surface area contributed by atoms with Crippen LogP contribution in [-0.2, 0) is 9.59 Å². The van der Waals surface area contributed by atoms with E-state index in [-0.39, 0.29) is 6.10 Å². The van der Waals surface area contributed by atoms with Crippen molar-refractivity contribution >= 4 is 35.1 Å². The molecule has 1 unspecified atom stereocenters. The van der Waals surface area contributed by atoms with E-state index in [1.165, 1.54) is 6.26 Å². The number of ether oxygens (including phenoxy) is 1. The summed E-state index contributed by atoms with van der Waals surface area (Å²) in [5, 5.41) is 15.8. The zero-order chi connectivity index (χ0) is 18.1. The minimum atomic E-state index is -1.82. The van der Waals surface area contributed by atoms with E-state index in [1.807, 2.05) is 0 Å². The molecule has 24 heavy (non-hydrogen) atoms. The van der Waals surface area contributed by atoms with Gasteiger partial charge in [-0.05, 0) is 18.7 Å². The highest BCUT2D eigenvalue weighted by Gasteiger charge is 2.18. The standard InChI is InChI=1S/C12H12Cl2N2O2.C2H2O4/c13-8-1-2-9(14)11(7-8)18-10(3-4-15)12-16-5-6-17-12;3-1(4)2(5)6/h1-2,5-7,10H,3-4,15H2;(H,3,4)(H,5,6). The molecule has 1 atom stereocenters. The Morgan fingerprint density at radius 3 is 2.46 bits per heavy atom. The molecule has 0 fully saturated rings. The molecule has 0 amide bonds. The third kappa shape index (κ3) is 6.45. The summed E-state index contributed by atoms with van der Waals surface area (Å²) in [5.41, 5.74) is 5.55. The third-order valence-electron chi connectivity index (χ3n) is 2.50. The highest BCUT2D eigenvalue weighted by molar-refractivity contribution is 6.34. The topological polar surface area (TPSA) is 136 Å². The molecular weight excluding hydrogens is 363 g/mol. The van der Waals surface area contributed by atoms with Gasteiger partial charge in [-0.1, -0.05) is 23.2 Å². The van der Waals surface area contributed by atoms with E-state index in [1.54, 1.807) is 24.4 Å². The van der Waals surface area contributed by atoms with Crippen molar-refractivity contribution in [2.45, 2.75) is 12.5 Å². The number of hydrogen-bond acceptors (Lipinski definition) is 6. The molecule has 0 saturated heterocycles. The number of oxazole rings is 1. The maximum atomic E-state index is 9.10. The van der Waals surface area contributed by atoms with Crippen molar-refractivity contribution in [1.82, 2.24) is 4.98 Å². The van der Waals surface area contributed by atoms with Crippen molar-refractivity contribution in [1.29, 1.82) is 0 Å². The predicted molar refractivity (Wildman–Crippen MR) is 85.3 cm³/mol. The molecule has 2 aromatic rings. The Hall–Kier alpha value is -2.29. The summed E-state index contributed by atoms with van der Waals surface area (Å²) < 4.78 is 11.0. The van der Waals surface area contributed by atoms with Gasteiger partial charge in [0.05, 0.1) is 11.2 Å². The molecule has 0 saturated carbocycles. The number of aromatic nitrogens is 1. The summed E-state index contributed by atoms with van der Waals surface area (Å²) in [6, 6.07) is 5.02. The fourth-order valence-electron chi connectivity index (χ4n) is 1.50. The van der Waals surface area contributed by atoms with E-state index < -0.39 is 11.9 Å². The Morgan fingerprint density at radius 1 is 1.29 bits per heavy atom. The normalized spacial score (nSPS) is 11.1. The van der Waals surface area contributed by atoms with Gasteiger partial charge in [-0.3, -0.25) is 0 Å². The summed E-state index contributed by atoms with van der Waals surface area (Å²) >= 11 is 11.9. The van der Waals surface area contributed by atoms with Crippen LogP contribution in [0.2, 0.25) is 10.0 Å². The molecule has 0 aliphatic rings. The summed E-state index contributed by atoms with van der Waals surface area (Å²) in [7, 11) is 0. The van der Waals surface area contributed by atoms with Crippen molar-refractivity contribution in [3.8, 4) is 5.75 Å². The molecule has 1 aromatic carbocycles. The lowest BCUT2D eigenvalue weighted by atomic mass is 10.2. The van der Waals surface area contributed by atoms with Crippen LogP contribution in [0.4, 0.5) is 0 Å². The van der Waals surface area contributed by atoms with Crippen molar-refractivity contribution in [2.24, 2.45) is 5.73 Å². The Bertz CT molecular complexity index is 666. The molecule has 130 valence electrons. The molecule has 0 radical (unpaired) electrons. The number of carboxylic acid groups (broad SMARTS) is 2. The van der Waals surface area contributed by atoms with E-state index in [2.05, 4.69) is 4.98 Å². The molecule has 1 heterocycles. The van der Waals surface area contributed by atoms with E-state index in [0.29, 0.717) is 34.7 Å². The number of aliphatic carboxylic acids is 2. The molecule has 10 heteroatoms. The number of halogens is 2. The highest BCUT2D eigenvalue weighted by Crippen LogP contribution is 2.32. The van der Waals surface area contributed by atoms with Crippen LogP contribution < -0.4 is 10.5 Å². The van der Waals surface area contributed by atoms with Crippen LogP contribution in [0.1, 0.15) is 18.4 Å². The zero-order valence-electron chi connectivity index (χ0n) is 12.2. The van der Waals surface area contributed by atoms with Crippen LogP contribution in [0.5, 0.6) is 5.75 Å². The Kier molecular flexibility index (Phi) is 8.03. The van der Waals surface area contributed by atoms with Gasteiger partial charge in [0, 0.05) is 17.5 Å². The van der Waals surface area contributed by atoms with Gasteiger partial charge in [-0.2, -0.15) is 0 Å². The van der Waals surface area contributed by atoms with Gasteiger partial charge in [-0.15, -0.1) is 0 Å². The second-order valence-electron chi connectivity index (χ2n) is 4.24. The first kappa shape index (κ1) is 19.8. The predicted octanol–water partition coefficient (Wildman–Crippen LogP) is 2.61. The van der Waals surface area contributed by atoms with Gasteiger partial charge < -0.3 is 25.1 Å². The fraction of sp³-hybridized carbons (Fsp3) is 0.214. The van der Waals surface area contributed by atoms with Gasteiger partial charge >= 0.3 is 11.9 Å². The smallest absolute Gasteiger partial charge is 0.414 e. The lowest BCUT2D eigenvalue weighted by molar-refractivity contribution is -0.159. The van der Waals surface area contributed by atoms with E-state index in [4.69, 9.17) is 57.9 Å². The van der Waals surface area contributed by atoms with Crippen molar-refractivity contribution in [3.05, 3.63) is 46.6 Å². The third-order valence-corrected chi connectivity index (χ3v) is 3.05. The fourth-order valence-corrected chi connectivity index (χ4v) is 1.82. The highest BCUT2D eigenvalue weighted by atomic mass is 35.5. The first-order chi connectivity index (χ1) is 11.3. The largest absolute Gasteiger partial charge is 0.479 e. The number of carboxylic acids is 2. The number of benzene rings is 1. The maximum absolute atomic E-state index is 9.10. The number of rotatable bonds is 5. The van der Waals surface area contributed by atoms with Crippen LogP contribution in [0.25, 0.3) is 0 Å². The lowest BCUT2D eigenvalue weighted by Crippen LogP contribution is -2.13. The zero-order valence-corrected chi connectivity index (χ0v) is 13.7. The molecule has 1 aromatic heterocycles. The molecule has 0 bridgehead atoms. The Labute approximate surface area is 146 Å². The van der Waals surface area contributed by atoms with Gasteiger partial charge in [0.25, 0.3) is 0 Å². The first-order valence-electron chi connectivity index (χ1n) is 6.52. The summed E-state index contributed by atoms with van der Waals surface area (Å²) in [5.74, 6) is -2.69. The Morgan fingerprint density at radius 2 is 1.96 bits per heavy atom. The number of nitrogens with two attached hydrogens (primary N) is 1.